The van der Waals surface area contributed by atoms with E-state index in [0.29, 0.717) is 37.4 Å². The average Bonchev–Trinajstić information content (AvgIpc) is 2.67. The Morgan fingerprint density at radius 2 is 1.58 bits per heavy atom. The lowest BCUT2D eigenvalue weighted by atomic mass is 10.0. The maximum absolute atomic E-state index is 13.9. The maximum Gasteiger partial charge on any atom is 0.223 e. The number of rotatable bonds is 5. The summed E-state index contributed by atoms with van der Waals surface area (Å²) in [6, 6.07) is 14.1. The fourth-order valence-electron chi connectivity index (χ4n) is 3.17. The molecule has 2 aromatic carbocycles. The third-order valence-corrected chi connectivity index (χ3v) is 4.76. The molecule has 0 saturated carbocycles. The van der Waals surface area contributed by atoms with E-state index in [4.69, 9.17) is 0 Å². The molecule has 5 heteroatoms. The van der Waals surface area contributed by atoms with Gasteiger partial charge in [0.25, 0.3) is 0 Å². The number of hydrogen-bond donors (Lipinski definition) is 0. The number of halogens is 1. The summed E-state index contributed by atoms with van der Waals surface area (Å²) in [7, 11) is 0. The molecule has 0 spiro atoms. The van der Waals surface area contributed by atoms with Crippen molar-refractivity contribution in [3.63, 3.8) is 0 Å². The molecule has 1 heterocycles. The largest absolute Gasteiger partial charge is 0.366 e. The summed E-state index contributed by atoms with van der Waals surface area (Å²) in [6.45, 7) is 4.26. The molecule has 136 valence electrons. The molecular weight excluding hydrogens is 331 g/mol. The van der Waals surface area contributed by atoms with Crippen molar-refractivity contribution in [1.29, 1.82) is 0 Å². The molecular formula is C21H23FN2O2. The topological polar surface area (TPSA) is 40.6 Å². The monoisotopic (exact) mass is 354 g/mol. The van der Waals surface area contributed by atoms with Crippen molar-refractivity contribution in [1.82, 2.24) is 4.90 Å². The predicted molar refractivity (Wildman–Crippen MR) is 99.9 cm³/mol. The van der Waals surface area contributed by atoms with E-state index in [1.807, 2.05) is 30.0 Å². The summed E-state index contributed by atoms with van der Waals surface area (Å²) < 4.78 is 13.9. The molecule has 0 aliphatic carbocycles. The molecule has 1 aliphatic rings. The lowest BCUT2D eigenvalue weighted by molar-refractivity contribution is -0.131. The van der Waals surface area contributed by atoms with Crippen molar-refractivity contribution >= 4 is 17.4 Å². The standard InChI is InChI=1S/C21H23FN2O2/c1-16-6-8-17(9-7-16)20(25)10-11-21(26)24-14-12-23(13-15-24)19-5-3-2-4-18(19)22/h2-9H,10-15H2,1H3. The zero-order valence-electron chi connectivity index (χ0n) is 15.0. The number of para-hydroxylation sites is 1. The van der Waals surface area contributed by atoms with Crippen LogP contribution in [0, 0.1) is 12.7 Å². The summed E-state index contributed by atoms with van der Waals surface area (Å²) in [5, 5.41) is 0. The van der Waals surface area contributed by atoms with E-state index in [-0.39, 0.29) is 30.3 Å². The van der Waals surface area contributed by atoms with Gasteiger partial charge < -0.3 is 9.80 Å². The second-order valence-corrected chi connectivity index (χ2v) is 6.61. The highest BCUT2D eigenvalue weighted by atomic mass is 19.1. The third kappa shape index (κ3) is 4.28. The number of amides is 1. The molecule has 1 aliphatic heterocycles. The first kappa shape index (κ1) is 18.1. The fourth-order valence-corrected chi connectivity index (χ4v) is 3.17. The van der Waals surface area contributed by atoms with Gasteiger partial charge in [0.2, 0.25) is 5.91 Å². The Morgan fingerprint density at radius 1 is 0.923 bits per heavy atom. The first-order valence-corrected chi connectivity index (χ1v) is 8.92. The zero-order valence-corrected chi connectivity index (χ0v) is 15.0. The van der Waals surface area contributed by atoms with Crippen LogP contribution in [-0.2, 0) is 4.79 Å². The minimum atomic E-state index is -0.240. The van der Waals surface area contributed by atoms with E-state index in [2.05, 4.69) is 0 Å². The van der Waals surface area contributed by atoms with Crippen LogP contribution in [0.1, 0.15) is 28.8 Å². The second kappa shape index (κ2) is 8.13. The van der Waals surface area contributed by atoms with Crippen LogP contribution in [0.2, 0.25) is 0 Å². The maximum atomic E-state index is 13.9. The van der Waals surface area contributed by atoms with Crippen LogP contribution >= 0.6 is 0 Å². The molecule has 0 aromatic heterocycles. The van der Waals surface area contributed by atoms with E-state index < -0.39 is 0 Å². The van der Waals surface area contributed by atoms with Crippen molar-refractivity contribution < 1.29 is 14.0 Å². The van der Waals surface area contributed by atoms with Gasteiger partial charge in [-0.05, 0) is 19.1 Å². The third-order valence-electron chi connectivity index (χ3n) is 4.76. The molecule has 2 aromatic rings. The van der Waals surface area contributed by atoms with Gasteiger partial charge in [0, 0.05) is 44.6 Å². The van der Waals surface area contributed by atoms with Gasteiger partial charge in [-0.25, -0.2) is 4.39 Å². The van der Waals surface area contributed by atoms with Gasteiger partial charge in [-0.3, -0.25) is 9.59 Å². The number of aryl methyl sites for hydroxylation is 1. The Labute approximate surface area is 153 Å². The van der Waals surface area contributed by atoms with Crippen molar-refractivity contribution in [2.24, 2.45) is 0 Å². The highest BCUT2D eigenvalue weighted by molar-refractivity contribution is 5.98. The first-order valence-electron chi connectivity index (χ1n) is 8.92. The van der Waals surface area contributed by atoms with Crippen LogP contribution in [0.15, 0.2) is 48.5 Å². The van der Waals surface area contributed by atoms with Crippen molar-refractivity contribution in [3.05, 3.63) is 65.5 Å². The SMILES string of the molecule is Cc1ccc(C(=O)CCC(=O)N2CCN(c3ccccc3F)CC2)cc1. The Hall–Kier alpha value is -2.69. The van der Waals surface area contributed by atoms with Crippen molar-refractivity contribution in [2.45, 2.75) is 19.8 Å². The van der Waals surface area contributed by atoms with Crippen LogP contribution in [0.5, 0.6) is 0 Å². The van der Waals surface area contributed by atoms with Gasteiger partial charge in [0.05, 0.1) is 5.69 Å². The molecule has 0 unspecified atom stereocenters. The summed E-state index contributed by atoms with van der Waals surface area (Å²) in [5.74, 6) is -0.266. The molecule has 0 radical (unpaired) electrons. The Kier molecular flexibility index (Phi) is 5.66. The molecule has 0 bridgehead atoms. The minimum absolute atomic E-state index is 0.0108. The van der Waals surface area contributed by atoms with Crippen LogP contribution in [0.3, 0.4) is 0 Å². The first-order chi connectivity index (χ1) is 12.5. The number of carbonyl (C=O) groups is 2. The fraction of sp³-hybridized carbons (Fsp3) is 0.333. The Balaban J connectivity index is 1.48. The zero-order chi connectivity index (χ0) is 18.5. The average molecular weight is 354 g/mol. The van der Waals surface area contributed by atoms with Crippen molar-refractivity contribution in [3.8, 4) is 0 Å². The van der Waals surface area contributed by atoms with E-state index in [1.165, 1.54) is 6.07 Å². The lowest BCUT2D eigenvalue weighted by Crippen LogP contribution is -2.49. The second-order valence-electron chi connectivity index (χ2n) is 6.61. The summed E-state index contributed by atoms with van der Waals surface area (Å²) >= 11 is 0. The summed E-state index contributed by atoms with van der Waals surface area (Å²) in [6.07, 6.45) is 0.432. The van der Waals surface area contributed by atoms with Gasteiger partial charge in [0.1, 0.15) is 5.82 Å². The highest BCUT2D eigenvalue weighted by Crippen LogP contribution is 2.20. The van der Waals surface area contributed by atoms with E-state index >= 15 is 0 Å². The number of Topliss-reactive ketones (excluding diaryl/α,β-unsaturated/α-hetero) is 1. The van der Waals surface area contributed by atoms with Crippen LogP contribution in [0.25, 0.3) is 0 Å². The van der Waals surface area contributed by atoms with Gasteiger partial charge in [-0.1, -0.05) is 42.0 Å². The van der Waals surface area contributed by atoms with E-state index in [0.717, 1.165) is 5.56 Å². The molecule has 4 nitrogen and oxygen atoms in total. The molecule has 0 atom stereocenters. The number of nitrogens with zero attached hydrogens (tertiary/aromatic N) is 2. The summed E-state index contributed by atoms with van der Waals surface area (Å²) in [4.78, 5) is 28.3. The number of piperazine rings is 1. The molecule has 1 amide bonds. The van der Waals surface area contributed by atoms with Gasteiger partial charge in [-0.2, -0.15) is 0 Å². The number of carbonyl (C=O) groups excluding carboxylic acids is 2. The van der Waals surface area contributed by atoms with Crippen LogP contribution in [-0.4, -0.2) is 42.8 Å². The van der Waals surface area contributed by atoms with Gasteiger partial charge in [0.15, 0.2) is 5.78 Å². The van der Waals surface area contributed by atoms with E-state index in [1.54, 1.807) is 29.2 Å². The Morgan fingerprint density at radius 3 is 2.23 bits per heavy atom. The normalized spacial score (nSPS) is 14.4. The molecule has 1 fully saturated rings. The van der Waals surface area contributed by atoms with Gasteiger partial charge >= 0.3 is 0 Å². The Bertz CT molecular complexity index is 781. The number of ketones is 1. The van der Waals surface area contributed by atoms with Gasteiger partial charge in [-0.15, -0.1) is 0 Å². The van der Waals surface area contributed by atoms with Crippen LogP contribution in [0.4, 0.5) is 10.1 Å². The highest BCUT2D eigenvalue weighted by Gasteiger charge is 2.23. The number of benzene rings is 2. The van der Waals surface area contributed by atoms with Crippen LogP contribution < -0.4 is 4.90 Å². The smallest absolute Gasteiger partial charge is 0.223 e. The summed E-state index contributed by atoms with van der Waals surface area (Å²) in [5.41, 5.74) is 2.33. The molecule has 1 saturated heterocycles. The number of anilines is 1. The quantitative estimate of drug-likeness (QED) is 0.772. The molecule has 0 N–H and O–H groups in total. The van der Waals surface area contributed by atoms with Crippen molar-refractivity contribution in [2.75, 3.05) is 31.1 Å². The lowest BCUT2D eigenvalue weighted by Gasteiger charge is -2.36. The molecule has 3 rings (SSSR count). The minimum Gasteiger partial charge on any atom is -0.366 e. The molecule has 26 heavy (non-hydrogen) atoms. The number of hydrogen-bond acceptors (Lipinski definition) is 3. The van der Waals surface area contributed by atoms with E-state index in [9.17, 15) is 14.0 Å². The predicted octanol–water partition coefficient (Wildman–Crippen LogP) is 3.45.